The Morgan fingerprint density at radius 2 is 1.71 bits per heavy atom. The molecule has 1 aliphatic heterocycles. The lowest BCUT2D eigenvalue weighted by atomic mass is 10.1. The highest BCUT2D eigenvalue weighted by Crippen LogP contribution is 1.95. The first-order chi connectivity index (χ1) is 8.29. The third-order valence-electron chi connectivity index (χ3n) is 4.21. The lowest BCUT2D eigenvalue weighted by Crippen LogP contribution is -3.29. The smallest absolute Gasteiger partial charge is 0.127 e. The molecular weight excluding hydrogens is 208 g/mol. The Morgan fingerprint density at radius 1 is 1.06 bits per heavy atom. The van der Waals surface area contributed by atoms with E-state index in [4.69, 9.17) is 0 Å². The molecule has 2 heteroatoms. The summed E-state index contributed by atoms with van der Waals surface area (Å²) in [5.41, 5.74) is 1.48. The van der Waals surface area contributed by atoms with E-state index >= 15 is 0 Å². The van der Waals surface area contributed by atoms with Gasteiger partial charge in [-0.15, -0.1) is 0 Å². The zero-order valence-electron chi connectivity index (χ0n) is 11.2. The third kappa shape index (κ3) is 3.55. The molecule has 0 saturated carbocycles. The summed E-state index contributed by atoms with van der Waals surface area (Å²) >= 11 is 0. The van der Waals surface area contributed by atoms with Crippen LogP contribution in [0.1, 0.15) is 25.8 Å². The highest BCUT2D eigenvalue weighted by Gasteiger charge is 2.25. The fourth-order valence-corrected chi connectivity index (χ4v) is 2.77. The highest BCUT2D eigenvalue weighted by molar-refractivity contribution is 5.13. The van der Waals surface area contributed by atoms with Gasteiger partial charge in [-0.2, -0.15) is 0 Å². The van der Waals surface area contributed by atoms with Crippen LogP contribution in [-0.2, 0) is 6.54 Å². The normalized spacial score (nSPS) is 26.7. The van der Waals surface area contributed by atoms with E-state index in [1.165, 1.54) is 44.7 Å². The number of quaternary nitrogens is 2. The molecule has 0 spiro atoms. The molecule has 0 amide bonds. The average Bonchev–Trinajstić information content (AvgIpc) is 2.40. The summed E-state index contributed by atoms with van der Waals surface area (Å²) < 4.78 is 0. The Morgan fingerprint density at radius 3 is 2.29 bits per heavy atom. The molecule has 17 heavy (non-hydrogen) atoms. The van der Waals surface area contributed by atoms with Crippen molar-refractivity contribution in [3.8, 4) is 0 Å². The molecule has 1 aromatic carbocycles. The average molecular weight is 234 g/mol. The van der Waals surface area contributed by atoms with Crippen molar-refractivity contribution in [1.82, 2.24) is 0 Å². The van der Waals surface area contributed by atoms with Gasteiger partial charge in [0, 0.05) is 5.56 Å². The van der Waals surface area contributed by atoms with Crippen LogP contribution < -0.4 is 9.80 Å². The molecule has 94 valence electrons. The summed E-state index contributed by atoms with van der Waals surface area (Å²) in [5.74, 6) is 0. The monoisotopic (exact) mass is 234 g/mol. The molecule has 0 bridgehead atoms. The largest absolute Gasteiger partial charge is 0.323 e. The van der Waals surface area contributed by atoms with Gasteiger partial charge >= 0.3 is 0 Å². The summed E-state index contributed by atoms with van der Waals surface area (Å²) in [7, 11) is 0. The van der Waals surface area contributed by atoms with Gasteiger partial charge in [-0.25, -0.2) is 0 Å². The number of hydrogen-bond acceptors (Lipinski definition) is 0. The van der Waals surface area contributed by atoms with E-state index in [0.29, 0.717) is 0 Å². The van der Waals surface area contributed by atoms with Crippen molar-refractivity contribution >= 4 is 0 Å². The molecule has 1 fully saturated rings. The zero-order chi connectivity index (χ0) is 12.1. The second-order valence-corrected chi connectivity index (χ2v) is 5.38. The third-order valence-corrected chi connectivity index (χ3v) is 4.21. The molecule has 1 heterocycles. The van der Waals surface area contributed by atoms with Crippen LogP contribution in [0.25, 0.3) is 0 Å². The summed E-state index contributed by atoms with van der Waals surface area (Å²) in [5, 5.41) is 0. The number of piperazine rings is 1. The van der Waals surface area contributed by atoms with Crippen LogP contribution in [0.4, 0.5) is 0 Å². The van der Waals surface area contributed by atoms with Gasteiger partial charge in [0.15, 0.2) is 0 Å². The molecule has 1 saturated heterocycles. The molecule has 0 radical (unpaired) electrons. The van der Waals surface area contributed by atoms with Gasteiger partial charge in [0.25, 0.3) is 0 Å². The topological polar surface area (TPSA) is 8.88 Å². The quantitative estimate of drug-likeness (QED) is 0.712. The van der Waals surface area contributed by atoms with Crippen LogP contribution >= 0.6 is 0 Å². The van der Waals surface area contributed by atoms with E-state index in [-0.39, 0.29) is 0 Å². The van der Waals surface area contributed by atoms with E-state index in [2.05, 4.69) is 44.2 Å². The van der Waals surface area contributed by atoms with Gasteiger partial charge in [-0.3, -0.25) is 0 Å². The molecule has 1 aromatic rings. The first kappa shape index (κ1) is 12.6. The standard InChI is InChI=1S/C15H24N2/c1-3-14(2)17-11-9-16(10-12-17)13-15-7-5-4-6-8-15/h4-8,14H,3,9-13H2,1-2H3/p+2. The van der Waals surface area contributed by atoms with Crippen molar-refractivity contribution in [2.24, 2.45) is 0 Å². The molecule has 2 rings (SSSR count). The summed E-state index contributed by atoms with van der Waals surface area (Å²) in [6.07, 6.45) is 1.31. The van der Waals surface area contributed by atoms with Crippen molar-refractivity contribution in [3.63, 3.8) is 0 Å². The predicted octanol–water partition coefficient (Wildman–Crippen LogP) is -0.231. The molecule has 1 unspecified atom stereocenters. The van der Waals surface area contributed by atoms with Crippen molar-refractivity contribution < 1.29 is 9.80 Å². The van der Waals surface area contributed by atoms with Crippen molar-refractivity contribution in [3.05, 3.63) is 35.9 Å². The Bertz CT molecular complexity index is 315. The van der Waals surface area contributed by atoms with Gasteiger partial charge in [-0.1, -0.05) is 37.3 Å². The van der Waals surface area contributed by atoms with Crippen LogP contribution in [0.15, 0.2) is 30.3 Å². The van der Waals surface area contributed by atoms with Gasteiger partial charge in [0.05, 0.1) is 6.04 Å². The van der Waals surface area contributed by atoms with Crippen LogP contribution in [-0.4, -0.2) is 32.2 Å². The molecular formula is C15H26N2+2. The summed E-state index contributed by atoms with van der Waals surface area (Å²) in [4.78, 5) is 3.56. The minimum Gasteiger partial charge on any atom is -0.323 e. The van der Waals surface area contributed by atoms with E-state index in [1.807, 2.05) is 4.90 Å². The lowest BCUT2D eigenvalue weighted by Gasteiger charge is -2.32. The maximum Gasteiger partial charge on any atom is 0.127 e. The maximum absolute atomic E-state index is 2.39. The van der Waals surface area contributed by atoms with Gasteiger partial charge < -0.3 is 9.80 Å². The Hall–Kier alpha value is -0.860. The van der Waals surface area contributed by atoms with Gasteiger partial charge in [0.2, 0.25) is 0 Å². The maximum atomic E-state index is 2.39. The first-order valence-corrected chi connectivity index (χ1v) is 7.01. The highest BCUT2D eigenvalue weighted by atomic mass is 15.3. The van der Waals surface area contributed by atoms with Crippen molar-refractivity contribution in [2.75, 3.05) is 26.2 Å². The molecule has 1 atom stereocenters. The van der Waals surface area contributed by atoms with Gasteiger partial charge in [0.1, 0.15) is 32.7 Å². The molecule has 0 aliphatic carbocycles. The number of hydrogen-bond donors (Lipinski definition) is 2. The van der Waals surface area contributed by atoms with Crippen LogP contribution in [0.2, 0.25) is 0 Å². The van der Waals surface area contributed by atoms with Crippen LogP contribution in [0, 0.1) is 0 Å². The fraction of sp³-hybridized carbons (Fsp3) is 0.600. The molecule has 2 nitrogen and oxygen atoms in total. The van der Waals surface area contributed by atoms with E-state index < -0.39 is 0 Å². The van der Waals surface area contributed by atoms with Crippen molar-refractivity contribution in [2.45, 2.75) is 32.9 Å². The fourth-order valence-electron chi connectivity index (χ4n) is 2.77. The second kappa shape index (κ2) is 6.18. The summed E-state index contributed by atoms with van der Waals surface area (Å²) in [6, 6.07) is 11.7. The number of benzene rings is 1. The number of rotatable bonds is 4. The minimum absolute atomic E-state index is 0.841. The van der Waals surface area contributed by atoms with Crippen LogP contribution in [0.5, 0.6) is 0 Å². The number of nitrogens with one attached hydrogen (secondary N) is 2. The SMILES string of the molecule is CCC(C)[NH+]1CC[NH+](Cc2ccccc2)CC1. The molecule has 0 aromatic heterocycles. The first-order valence-electron chi connectivity index (χ1n) is 7.01. The molecule has 1 aliphatic rings. The minimum atomic E-state index is 0.841. The lowest BCUT2D eigenvalue weighted by molar-refractivity contribution is -1.03. The summed E-state index contributed by atoms with van der Waals surface area (Å²) in [6.45, 7) is 11.2. The zero-order valence-corrected chi connectivity index (χ0v) is 11.2. The van der Waals surface area contributed by atoms with Gasteiger partial charge in [-0.05, 0) is 13.3 Å². The Labute approximate surface area is 105 Å². The van der Waals surface area contributed by atoms with E-state index in [1.54, 1.807) is 4.90 Å². The second-order valence-electron chi connectivity index (χ2n) is 5.38. The molecule has 2 N–H and O–H groups in total. The predicted molar refractivity (Wildman–Crippen MR) is 71.3 cm³/mol. The Balaban J connectivity index is 1.80. The van der Waals surface area contributed by atoms with E-state index in [9.17, 15) is 0 Å². The van der Waals surface area contributed by atoms with Crippen molar-refractivity contribution in [1.29, 1.82) is 0 Å². The van der Waals surface area contributed by atoms with Crippen LogP contribution in [0.3, 0.4) is 0 Å². The van der Waals surface area contributed by atoms with E-state index in [0.717, 1.165) is 6.04 Å². The Kier molecular flexibility index (Phi) is 4.57.